The molecule has 0 atom stereocenters. The number of hydrogen-bond donors (Lipinski definition) is 2. The zero-order chi connectivity index (χ0) is 14.0. The van der Waals surface area contributed by atoms with Crippen LogP contribution in [0, 0.1) is 5.41 Å². The lowest BCUT2D eigenvalue weighted by Crippen LogP contribution is -2.12. The Morgan fingerprint density at radius 2 is 1.95 bits per heavy atom. The maximum Gasteiger partial charge on any atom is 0.124 e. The average Bonchev–Trinajstić information content (AvgIpc) is 2.36. The van der Waals surface area contributed by atoms with E-state index in [4.69, 9.17) is 45.9 Å². The summed E-state index contributed by atoms with van der Waals surface area (Å²) < 4.78 is 0. The molecule has 1 aromatic carbocycles. The molecule has 19 heavy (non-hydrogen) atoms. The Balaban J connectivity index is 2.41. The number of nitrogen functional groups attached to an aromatic ring is 1. The van der Waals surface area contributed by atoms with E-state index < -0.39 is 0 Å². The predicted octanol–water partition coefficient (Wildman–Crippen LogP) is 4.48. The summed E-state index contributed by atoms with van der Waals surface area (Å²) in [6.07, 6.45) is 1.55. The molecule has 0 aliphatic heterocycles. The second-order valence-electron chi connectivity index (χ2n) is 3.57. The number of aromatic nitrogens is 1. The Morgan fingerprint density at radius 3 is 2.63 bits per heavy atom. The molecule has 0 saturated heterocycles. The first-order chi connectivity index (χ1) is 8.99. The maximum atomic E-state index is 7.44. The van der Waals surface area contributed by atoms with Gasteiger partial charge in [0.05, 0.1) is 10.0 Å². The molecule has 0 spiro atoms. The summed E-state index contributed by atoms with van der Waals surface area (Å²) in [5, 5.41) is 9.42. The minimum absolute atomic E-state index is 0.105. The second-order valence-corrected chi connectivity index (χ2v) is 5.82. The molecular weight excluding hydrogens is 325 g/mol. The fraction of sp³-hybridized carbons (Fsp3) is 0. The smallest absolute Gasteiger partial charge is 0.124 e. The predicted molar refractivity (Wildman–Crippen MR) is 80.8 cm³/mol. The van der Waals surface area contributed by atoms with Crippen molar-refractivity contribution < 1.29 is 0 Å². The number of benzene rings is 1. The molecule has 0 radical (unpaired) electrons. The van der Waals surface area contributed by atoms with Gasteiger partial charge in [0.2, 0.25) is 0 Å². The topological polar surface area (TPSA) is 62.8 Å². The average molecular weight is 333 g/mol. The van der Waals surface area contributed by atoms with Gasteiger partial charge in [-0.3, -0.25) is 5.41 Å². The highest BCUT2D eigenvalue weighted by atomic mass is 35.5. The highest BCUT2D eigenvalue weighted by Gasteiger charge is 2.12. The Kier molecular flexibility index (Phi) is 4.58. The molecule has 2 rings (SSSR count). The van der Waals surface area contributed by atoms with Crippen molar-refractivity contribution in [2.24, 2.45) is 5.73 Å². The van der Waals surface area contributed by atoms with Gasteiger partial charge in [0.15, 0.2) is 0 Å². The highest BCUT2D eigenvalue weighted by Crippen LogP contribution is 2.37. The van der Waals surface area contributed by atoms with E-state index in [1.54, 1.807) is 30.5 Å². The van der Waals surface area contributed by atoms with Crippen molar-refractivity contribution >= 4 is 52.4 Å². The van der Waals surface area contributed by atoms with Gasteiger partial charge in [-0.25, -0.2) is 4.98 Å². The van der Waals surface area contributed by atoms with Crippen molar-refractivity contribution in [1.82, 2.24) is 4.98 Å². The van der Waals surface area contributed by atoms with Crippen molar-refractivity contribution in [3.63, 3.8) is 0 Å². The van der Waals surface area contributed by atoms with E-state index in [9.17, 15) is 0 Å². The highest BCUT2D eigenvalue weighted by molar-refractivity contribution is 7.99. The standard InChI is InChI=1S/C12H8Cl3N3S/c13-6-1-2-8(14)9(5-6)19-12-10(15)7(11(16)17)3-4-18-12/h1-5H,(H3,16,17). The third kappa shape index (κ3) is 3.34. The summed E-state index contributed by atoms with van der Waals surface area (Å²) in [4.78, 5) is 4.90. The summed E-state index contributed by atoms with van der Waals surface area (Å²) in [6.45, 7) is 0. The molecule has 3 N–H and O–H groups in total. The Hall–Kier alpha value is -0.940. The van der Waals surface area contributed by atoms with Crippen LogP contribution >= 0.6 is 46.6 Å². The lowest BCUT2D eigenvalue weighted by Gasteiger charge is -2.08. The molecule has 0 fully saturated rings. The minimum Gasteiger partial charge on any atom is -0.384 e. The van der Waals surface area contributed by atoms with Crippen LogP contribution in [0.15, 0.2) is 40.4 Å². The molecule has 0 aliphatic carbocycles. The first kappa shape index (κ1) is 14.5. The lowest BCUT2D eigenvalue weighted by atomic mass is 10.2. The summed E-state index contributed by atoms with van der Waals surface area (Å²) >= 11 is 19.4. The van der Waals surface area contributed by atoms with Crippen LogP contribution in [0.3, 0.4) is 0 Å². The number of hydrogen-bond acceptors (Lipinski definition) is 3. The molecular formula is C12H8Cl3N3S. The Morgan fingerprint density at radius 1 is 1.21 bits per heavy atom. The third-order valence-corrected chi connectivity index (χ3v) is 4.48. The number of nitrogens with zero attached hydrogens (tertiary/aromatic N) is 1. The number of amidine groups is 1. The van der Waals surface area contributed by atoms with Crippen LogP contribution in [0.4, 0.5) is 0 Å². The Bertz CT molecular complexity index is 646. The molecule has 0 saturated carbocycles. The van der Waals surface area contributed by atoms with Gasteiger partial charge in [0, 0.05) is 21.7 Å². The molecule has 0 bridgehead atoms. The number of rotatable bonds is 3. The van der Waals surface area contributed by atoms with E-state index in [1.165, 1.54) is 11.8 Å². The first-order valence-electron chi connectivity index (χ1n) is 5.11. The van der Waals surface area contributed by atoms with E-state index >= 15 is 0 Å². The SMILES string of the molecule is N=C(N)c1ccnc(Sc2cc(Cl)ccc2Cl)c1Cl. The van der Waals surface area contributed by atoms with E-state index in [0.717, 1.165) is 4.90 Å². The van der Waals surface area contributed by atoms with Gasteiger partial charge in [-0.15, -0.1) is 0 Å². The molecule has 0 amide bonds. The molecule has 0 unspecified atom stereocenters. The fourth-order valence-corrected chi connectivity index (χ4v) is 3.04. The van der Waals surface area contributed by atoms with Gasteiger partial charge in [-0.05, 0) is 24.3 Å². The largest absolute Gasteiger partial charge is 0.384 e. The molecule has 0 aliphatic rings. The molecule has 1 aromatic heterocycles. The van der Waals surface area contributed by atoms with Crippen LogP contribution in [0.25, 0.3) is 0 Å². The Labute approximate surface area is 129 Å². The third-order valence-electron chi connectivity index (χ3n) is 2.25. The lowest BCUT2D eigenvalue weighted by molar-refractivity contribution is 1.12. The zero-order valence-corrected chi connectivity index (χ0v) is 12.5. The minimum atomic E-state index is -0.105. The van der Waals surface area contributed by atoms with E-state index in [2.05, 4.69) is 4.98 Å². The van der Waals surface area contributed by atoms with Crippen LogP contribution in [0.2, 0.25) is 15.1 Å². The van der Waals surface area contributed by atoms with Gasteiger partial charge in [0.1, 0.15) is 10.9 Å². The quantitative estimate of drug-likeness (QED) is 0.643. The molecule has 1 heterocycles. The van der Waals surface area contributed by atoms with Crippen LogP contribution in [-0.2, 0) is 0 Å². The van der Waals surface area contributed by atoms with Gasteiger partial charge in [-0.1, -0.05) is 46.6 Å². The van der Waals surface area contributed by atoms with Crippen molar-refractivity contribution in [3.8, 4) is 0 Å². The number of nitrogens with one attached hydrogen (secondary N) is 1. The van der Waals surface area contributed by atoms with Crippen molar-refractivity contribution in [3.05, 3.63) is 51.1 Å². The van der Waals surface area contributed by atoms with E-state index in [0.29, 0.717) is 25.7 Å². The monoisotopic (exact) mass is 331 g/mol. The van der Waals surface area contributed by atoms with Gasteiger partial charge in [0.25, 0.3) is 0 Å². The number of nitrogens with two attached hydrogens (primary N) is 1. The summed E-state index contributed by atoms with van der Waals surface area (Å²) in [6, 6.07) is 6.73. The zero-order valence-electron chi connectivity index (χ0n) is 9.45. The van der Waals surface area contributed by atoms with Gasteiger partial charge in [-0.2, -0.15) is 0 Å². The van der Waals surface area contributed by atoms with Crippen LogP contribution in [0.5, 0.6) is 0 Å². The first-order valence-corrected chi connectivity index (χ1v) is 7.06. The van der Waals surface area contributed by atoms with Crippen LogP contribution in [-0.4, -0.2) is 10.8 Å². The maximum absolute atomic E-state index is 7.44. The van der Waals surface area contributed by atoms with Crippen molar-refractivity contribution in [2.75, 3.05) is 0 Å². The van der Waals surface area contributed by atoms with Crippen LogP contribution in [0.1, 0.15) is 5.56 Å². The summed E-state index contributed by atoms with van der Waals surface area (Å²) in [5.41, 5.74) is 5.89. The molecule has 98 valence electrons. The van der Waals surface area contributed by atoms with Crippen molar-refractivity contribution in [2.45, 2.75) is 9.92 Å². The molecule has 2 aromatic rings. The summed E-state index contributed by atoms with van der Waals surface area (Å²) in [7, 11) is 0. The fourth-order valence-electron chi connectivity index (χ4n) is 1.36. The summed E-state index contributed by atoms with van der Waals surface area (Å²) in [5.74, 6) is -0.105. The van der Waals surface area contributed by atoms with Gasteiger partial charge >= 0.3 is 0 Å². The number of pyridine rings is 1. The van der Waals surface area contributed by atoms with E-state index in [1.807, 2.05) is 0 Å². The second kappa shape index (κ2) is 6.01. The molecule has 7 heteroatoms. The molecule has 3 nitrogen and oxygen atoms in total. The normalized spacial score (nSPS) is 10.5. The number of halogens is 3. The van der Waals surface area contributed by atoms with Crippen LogP contribution < -0.4 is 5.73 Å². The van der Waals surface area contributed by atoms with E-state index in [-0.39, 0.29) is 5.84 Å². The van der Waals surface area contributed by atoms with Gasteiger partial charge < -0.3 is 5.73 Å². The van der Waals surface area contributed by atoms with Crippen molar-refractivity contribution in [1.29, 1.82) is 5.41 Å².